The van der Waals surface area contributed by atoms with Gasteiger partial charge in [0, 0.05) is 12.6 Å². The van der Waals surface area contributed by atoms with Crippen molar-refractivity contribution < 1.29 is 4.79 Å². The van der Waals surface area contributed by atoms with Gasteiger partial charge in [-0.1, -0.05) is 37.6 Å². The molecule has 130 valence electrons. The number of carbonyl (C=O) groups excluding carboxylic acids is 1. The van der Waals surface area contributed by atoms with Gasteiger partial charge in [-0.2, -0.15) is 4.68 Å². The maximum atomic E-state index is 12.7. The van der Waals surface area contributed by atoms with Crippen molar-refractivity contribution in [1.82, 2.24) is 24.7 Å². The molecule has 24 heavy (non-hydrogen) atoms. The van der Waals surface area contributed by atoms with Crippen LogP contribution in [0.25, 0.3) is 5.69 Å². The van der Waals surface area contributed by atoms with Crippen LogP contribution < -0.4 is 5.69 Å². The molecule has 0 bridgehead atoms. The molecule has 0 fully saturated rings. The molecule has 8 heteroatoms. The number of para-hydroxylation sites is 1. The summed E-state index contributed by atoms with van der Waals surface area (Å²) in [4.78, 5) is 27.0. The van der Waals surface area contributed by atoms with Gasteiger partial charge in [0.05, 0.1) is 10.7 Å². The number of hydrogen-bond donors (Lipinski definition) is 0. The van der Waals surface area contributed by atoms with Crippen molar-refractivity contribution in [2.75, 3.05) is 6.54 Å². The number of halogens is 1. The molecule has 0 spiro atoms. The molecule has 0 saturated carbocycles. The van der Waals surface area contributed by atoms with Crippen LogP contribution in [0.2, 0.25) is 5.02 Å². The van der Waals surface area contributed by atoms with E-state index in [0.717, 1.165) is 27.8 Å². The Kier molecular flexibility index (Phi) is 5.77. The van der Waals surface area contributed by atoms with Gasteiger partial charge in [0.1, 0.15) is 0 Å². The number of hydrogen-bond acceptors (Lipinski definition) is 4. The van der Waals surface area contributed by atoms with Crippen molar-refractivity contribution in [2.24, 2.45) is 0 Å². The highest BCUT2D eigenvalue weighted by Crippen LogP contribution is 2.21. The average molecular weight is 352 g/mol. The quantitative estimate of drug-likeness (QED) is 0.776. The van der Waals surface area contributed by atoms with Gasteiger partial charge in [-0.05, 0) is 48.7 Å². The van der Waals surface area contributed by atoms with E-state index in [0.29, 0.717) is 17.3 Å². The smallest absolute Gasteiger partial charge is 0.320 e. The van der Waals surface area contributed by atoms with E-state index >= 15 is 0 Å². The molecule has 2 rings (SSSR count). The minimum absolute atomic E-state index is 0.0107. The van der Waals surface area contributed by atoms with Crippen LogP contribution in [0.1, 0.15) is 39.2 Å². The van der Waals surface area contributed by atoms with Crippen molar-refractivity contribution in [3.05, 3.63) is 39.3 Å². The number of benzene rings is 1. The lowest BCUT2D eigenvalue weighted by Crippen LogP contribution is -2.45. The third-order valence-corrected chi connectivity index (χ3v) is 4.30. The largest absolute Gasteiger partial charge is 0.377 e. The molecule has 0 saturated heterocycles. The Morgan fingerprint density at radius 2 is 2.04 bits per heavy atom. The molecule has 0 aliphatic carbocycles. The molecular formula is C16H22ClN5O2. The van der Waals surface area contributed by atoms with Crippen molar-refractivity contribution >= 4 is 17.6 Å². The van der Waals surface area contributed by atoms with Crippen molar-refractivity contribution in [2.45, 2.75) is 46.6 Å². The number of amides is 1. The molecule has 0 radical (unpaired) electrons. The standard InChI is InChI=1S/C16H22ClN5O2/c1-5-10-20(12(4)6-2)15(23)22-16(24)21(18-19-22)14-11(3)8-7-9-13(14)17/h7-9,12H,5-6,10H2,1-4H3. The minimum Gasteiger partial charge on any atom is -0.320 e. The summed E-state index contributed by atoms with van der Waals surface area (Å²) in [6, 6.07) is 4.81. The van der Waals surface area contributed by atoms with Crippen molar-refractivity contribution in [3.63, 3.8) is 0 Å². The molecule has 7 nitrogen and oxygen atoms in total. The number of tetrazole rings is 1. The zero-order chi connectivity index (χ0) is 17.9. The van der Waals surface area contributed by atoms with Gasteiger partial charge < -0.3 is 4.90 Å². The number of rotatable bonds is 5. The molecule has 1 aromatic carbocycles. The van der Waals surface area contributed by atoms with E-state index in [1.807, 2.05) is 33.8 Å². The van der Waals surface area contributed by atoms with Gasteiger partial charge in [-0.15, -0.1) is 4.68 Å². The molecule has 1 amide bonds. The van der Waals surface area contributed by atoms with E-state index in [4.69, 9.17) is 11.6 Å². The first-order valence-electron chi connectivity index (χ1n) is 8.03. The van der Waals surface area contributed by atoms with Gasteiger partial charge in [0.2, 0.25) is 0 Å². The van der Waals surface area contributed by atoms with Crippen LogP contribution in [0, 0.1) is 6.92 Å². The van der Waals surface area contributed by atoms with Crippen LogP contribution in [0.3, 0.4) is 0 Å². The third-order valence-electron chi connectivity index (χ3n) is 4.00. The van der Waals surface area contributed by atoms with E-state index in [2.05, 4.69) is 10.4 Å². The zero-order valence-corrected chi connectivity index (χ0v) is 15.1. The van der Waals surface area contributed by atoms with Crippen LogP contribution in [0.5, 0.6) is 0 Å². The maximum Gasteiger partial charge on any atom is 0.377 e. The molecule has 1 aromatic heterocycles. The first kappa shape index (κ1) is 18.2. The fraction of sp³-hybridized carbons (Fsp3) is 0.500. The highest BCUT2D eigenvalue weighted by Gasteiger charge is 2.25. The lowest BCUT2D eigenvalue weighted by molar-refractivity contribution is 0.174. The van der Waals surface area contributed by atoms with E-state index in [1.54, 1.807) is 17.0 Å². The third kappa shape index (κ3) is 3.36. The fourth-order valence-corrected chi connectivity index (χ4v) is 2.79. The number of aromatic nitrogens is 4. The Morgan fingerprint density at radius 1 is 1.33 bits per heavy atom. The predicted octanol–water partition coefficient (Wildman–Crippen LogP) is 2.87. The first-order chi connectivity index (χ1) is 11.4. The molecule has 1 unspecified atom stereocenters. The van der Waals surface area contributed by atoms with E-state index < -0.39 is 11.7 Å². The average Bonchev–Trinajstić information content (AvgIpc) is 2.93. The van der Waals surface area contributed by atoms with Gasteiger partial charge in [0.15, 0.2) is 0 Å². The lowest BCUT2D eigenvalue weighted by atomic mass is 10.2. The van der Waals surface area contributed by atoms with Gasteiger partial charge in [-0.25, -0.2) is 9.59 Å². The Morgan fingerprint density at radius 3 is 2.62 bits per heavy atom. The normalized spacial score (nSPS) is 12.2. The maximum absolute atomic E-state index is 12.7. The van der Waals surface area contributed by atoms with Crippen LogP contribution in [0.15, 0.2) is 23.0 Å². The predicted molar refractivity (Wildman–Crippen MR) is 92.9 cm³/mol. The molecule has 2 aromatic rings. The molecule has 0 N–H and O–H groups in total. The molecular weight excluding hydrogens is 330 g/mol. The lowest BCUT2D eigenvalue weighted by Gasteiger charge is -2.26. The Labute approximate surface area is 145 Å². The van der Waals surface area contributed by atoms with E-state index in [-0.39, 0.29) is 6.04 Å². The fourth-order valence-electron chi connectivity index (χ4n) is 2.49. The summed E-state index contributed by atoms with van der Waals surface area (Å²) in [5.74, 6) is 0. The van der Waals surface area contributed by atoms with Crippen molar-refractivity contribution in [3.8, 4) is 5.69 Å². The second kappa shape index (κ2) is 7.61. The minimum atomic E-state index is -0.624. The SMILES string of the molecule is CCCN(C(=O)n1nnn(-c2c(C)cccc2Cl)c1=O)C(C)CC. The second-order valence-electron chi connectivity index (χ2n) is 5.72. The van der Waals surface area contributed by atoms with Crippen LogP contribution in [0.4, 0.5) is 4.79 Å². The summed E-state index contributed by atoms with van der Waals surface area (Å²) < 4.78 is 1.86. The van der Waals surface area contributed by atoms with E-state index in [9.17, 15) is 9.59 Å². The monoisotopic (exact) mass is 351 g/mol. The highest BCUT2D eigenvalue weighted by atomic mass is 35.5. The number of nitrogens with zero attached hydrogens (tertiary/aromatic N) is 5. The van der Waals surface area contributed by atoms with Crippen LogP contribution in [-0.4, -0.2) is 43.3 Å². The van der Waals surface area contributed by atoms with Gasteiger partial charge >= 0.3 is 11.7 Å². The summed E-state index contributed by atoms with van der Waals surface area (Å²) in [5.41, 5.74) is 0.589. The molecule has 1 heterocycles. The van der Waals surface area contributed by atoms with Gasteiger partial charge in [-0.3, -0.25) is 0 Å². The van der Waals surface area contributed by atoms with Gasteiger partial charge in [0.25, 0.3) is 0 Å². The Hall–Kier alpha value is -2.15. The molecule has 0 aliphatic rings. The second-order valence-corrected chi connectivity index (χ2v) is 6.13. The van der Waals surface area contributed by atoms with Crippen LogP contribution in [-0.2, 0) is 0 Å². The van der Waals surface area contributed by atoms with Crippen molar-refractivity contribution in [1.29, 1.82) is 0 Å². The summed E-state index contributed by atoms with van der Waals surface area (Å²) in [6.45, 7) is 8.29. The molecule has 0 aliphatic heterocycles. The summed E-state index contributed by atoms with van der Waals surface area (Å²) in [6.07, 6.45) is 1.58. The van der Waals surface area contributed by atoms with E-state index in [1.165, 1.54) is 0 Å². The number of carbonyl (C=O) groups is 1. The number of aryl methyl sites for hydroxylation is 1. The zero-order valence-electron chi connectivity index (χ0n) is 14.4. The Bertz CT molecular complexity index is 763. The summed E-state index contributed by atoms with van der Waals surface area (Å²) in [5, 5.41) is 7.98. The summed E-state index contributed by atoms with van der Waals surface area (Å²) in [7, 11) is 0. The molecule has 1 atom stereocenters. The first-order valence-corrected chi connectivity index (χ1v) is 8.41. The summed E-state index contributed by atoms with van der Waals surface area (Å²) >= 11 is 6.18. The van der Waals surface area contributed by atoms with Crippen LogP contribution >= 0.6 is 11.6 Å². The Balaban J connectivity index is 2.46. The highest BCUT2D eigenvalue weighted by molar-refractivity contribution is 6.32. The topological polar surface area (TPSA) is 73.0 Å².